The molecule has 7 nitrogen and oxygen atoms in total. The van der Waals surface area contributed by atoms with E-state index in [0.717, 1.165) is 30.0 Å². The van der Waals surface area contributed by atoms with Crippen LogP contribution in [0.3, 0.4) is 0 Å². The van der Waals surface area contributed by atoms with Gasteiger partial charge >= 0.3 is 0 Å². The van der Waals surface area contributed by atoms with Crippen LogP contribution in [-0.4, -0.2) is 44.2 Å². The Bertz CT molecular complexity index is 1270. The lowest BCUT2D eigenvalue weighted by molar-refractivity contribution is -0.116. The zero-order valence-corrected chi connectivity index (χ0v) is 19.1. The number of nitrogens with zero attached hydrogens (tertiary/aromatic N) is 1. The average molecular weight is 466 g/mol. The van der Waals surface area contributed by atoms with E-state index in [4.69, 9.17) is 0 Å². The second-order valence-corrected chi connectivity index (χ2v) is 9.98. The molecule has 0 unspecified atom stereocenters. The molecule has 0 atom stereocenters. The summed E-state index contributed by atoms with van der Waals surface area (Å²) in [6, 6.07) is 19.7. The van der Waals surface area contributed by atoms with E-state index in [-0.39, 0.29) is 35.4 Å². The summed E-state index contributed by atoms with van der Waals surface area (Å²) in [4.78, 5) is 25.0. The maximum absolute atomic E-state index is 13.1. The third kappa shape index (κ3) is 5.40. The molecule has 172 valence electrons. The van der Waals surface area contributed by atoms with Crippen molar-refractivity contribution in [3.05, 3.63) is 72.3 Å². The van der Waals surface area contributed by atoms with E-state index < -0.39 is 10.0 Å². The van der Waals surface area contributed by atoms with Crippen molar-refractivity contribution in [3.63, 3.8) is 0 Å². The molecular weight excluding hydrogens is 438 g/mol. The number of fused-ring (bicyclic) bond motifs is 1. The minimum Gasteiger partial charge on any atom is -0.352 e. The van der Waals surface area contributed by atoms with Gasteiger partial charge in [0.1, 0.15) is 4.90 Å². The molecule has 1 aliphatic rings. The van der Waals surface area contributed by atoms with Gasteiger partial charge in [0.15, 0.2) is 0 Å². The minimum absolute atomic E-state index is 0.0252. The van der Waals surface area contributed by atoms with E-state index in [1.807, 2.05) is 36.4 Å². The van der Waals surface area contributed by atoms with E-state index >= 15 is 0 Å². The summed E-state index contributed by atoms with van der Waals surface area (Å²) < 4.78 is 27.6. The highest BCUT2D eigenvalue weighted by Crippen LogP contribution is 2.27. The smallest absolute Gasteiger partial charge is 0.251 e. The van der Waals surface area contributed by atoms with Gasteiger partial charge in [-0.05, 0) is 47.9 Å². The molecule has 0 aliphatic carbocycles. The first-order valence-corrected chi connectivity index (χ1v) is 12.6. The molecule has 1 heterocycles. The van der Waals surface area contributed by atoms with Crippen LogP contribution in [0.25, 0.3) is 10.8 Å². The molecule has 2 amide bonds. The molecule has 4 rings (SSSR count). The van der Waals surface area contributed by atoms with Crippen molar-refractivity contribution in [1.82, 2.24) is 9.62 Å². The Balaban J connectivity index is 1.36. The summed E-state index contributed by atoms with van der Waals surface area (Å²) in [7, 11) is -3.68. The van der Waals surface area contributed by atoms with Gasteiger partial charge in [0, 0.05) is 31.6 Å². The van der Waals surface area contributed by atoms with Crippen LogP contribution in [0.5, 0.6) is 0 Å². The Labute approximate surface area is 193 Å². The fraction of sp³-hybridized carbons (Fsp3) is 0.280. The number of anilines is 1. The van der Waals surface area contributed by atoms with Gasteiger partial charge < -0.3 is 10.6 Å². The molecule has 1 fully saturated rings. The summed E-state index contributed by atoms with van der Waals surface area (Å²) in [5, 5.41) is 7.46. The second-order valence-electron chi connectivity index (χ2n) is 8.08. The van der Waals surface area contributed by atoms with E-state index in [1.54, 1.807) is 24.3 Å². The van der Waals surface area contributed by atoms with Gasteiger partial charge in [0.2, 0.25) is 15.9 Å². The van der Waals surface area contributed by atoms with Crippen LogP contribution in [0.1, 0.15) is 36.0 Å². The van der Waals surface area contributed by atoms with Crippen molar-refractivity contribution in [1.29, 1.82) is 0 Å². The van der Waals surface area contributed by atoms with Gasteiger partial charge in [-0.3, -0.25) is 9.59 Å². The molecule has 2 N–H and O–H groups in total. The number of benzene rings is 3. The lowest BCUT2D eigenvalue weighted by Gasteiger charge is -2.26. The Morgan fingerprint density at radius 2 is 1.55 bits per heavy atom. The van der Waals surface area contributed by atoms with E-state index in [2.05, 4.69) is 10.6 Å². The Kier molecular flexibility index (Phi) is 7.05. The van der Waals surface area contributed by atoms with Crippen LogP contribution < -0.4 is 10.6 Å². The normalized spacial score (nSPS) is 14.7. The largest absolute Gasteiger partial charge is 0.352 e. The molecule has 33 heavy (non-hydrogen) atoms. The summed E-state index contributed by atoms with van der Waals surface area (Å²) >= 11 is 0. The van der Waals surface area contributed by atoms with Gasteiger partial charge in [-0.15, -0.1) is 0 Å². The third-order valence-electron chi connectivity index (χ3n) is 5.74. The first-order chi connectivity index (χ1) is 15.9. The molecule has 0 saturated carbocycles. The van der Waals surface area contributed by atoms with Gasteiger partial charge in [-0.2, -0.15) is 4.31 Å². The Morgan fingerprint density at radius 1 is 0.848 bits per heavy atom. The maximum atomic E-state index is 13.1. The predicted octanol–water partition coefficient (Wildman–Crippen LogP) is 3.77. The van der Waals surface area contributed by atoms with Crippen molar-refractivity contribution < 1.29 is 18.0 Å². The van der Waals surface area contributed by atoms with E-state index in [0.29, 0.717) is 18.7 Å². The first kappa shape index (κ1) is 22.9. The molecule has 8 heteroatoms. The Hall–Kier alpha value is -3.23. The second kappa shape index (κ2) is 10.1. The number of nitrogens with one attached hydrogen (secondary N) is 2. The van der Waals surface area contributed by atoms with Crippen LogP contribution in [0.4, 0.5) is 5.69 Å². The van der Waals surface area contributed by atoms with Crippen LogP contribution in [0.15, 0.2) is 71.6 Å². The van der Waals surface area contributed by atoms with Crippen LogP contribution in [-0.2, 0) is 14.8 Å². The molecule has 3 aromatic rings. The van der Waals surface area contributed by atoms with Gasteiger partial charge in [0.05, 0.1) is 5.69 Å². The zero-order chi connectivity index (χ0) is 23.3. The SMILES string of the molecule is O=C(CCNC(=O)c1ccc2ccccc2c1)Nc1ccccc1S(=O)(=O)N1CCCCC1. The number of para-hydroxylation sites is 1. The third-order valence-corrected chi connectivity index (χ3v) is 7.70. The fourth-order valence-electron chi connectivity index (χ4n) is 3.97. The van der Waals surface area contributed by atoms with Crippen molar-refractivity contribution in [3.8, 4) is 0 Å². The minimum atomic E-state index is -3.68. The zero-order valence-electron chi connectivity index (χ0n) is 18.3. The maximum Gasteiger partial charge on any atom is 0.251 e. The Morgan fingerprint density at radius 3 is 2.33 bits per heavy atom. The number of carbonyl (C=O) groups excluding carboxylic acids is 2. The van der Waals surface area contributed by atoms with Crippen LogP contribution in [0, 0.1) is 0 Å². The number of sulfonamides is 1. The van der Waals surface area contributed by atoms with Crippen molar-refractivity contribution in [2.24, 2.45) is 0 Å². The summed E-state index contributed by atoms with van der Waals surface area (Å²) in [6.07, 6.45) is 2.72. The standard InChI is InChI=1S/C25H27N3O4S/c29-24(14-15-26-25(30)21-13-12-19-8-2-3-9-20(19)18-21)27-22-10-4-5-11-23(22)33(31,32)28-16-6-1-7-17-28/h2-5,8-13,18H,1,6-7,14-17H2,(H,26,30)(H,27,29). The molecule has 1 saturated heterocycles. The summed E-state index contributed by atoms with van der Waals surface area (Å²) in [6.45, 7) is 1.12. The quantitative estimate of drug-likeness (QED) is 0.555. The highest BCUT2D eigenvalue weighted by atomic mass is 32.2. The molecule has 0 aromatic heterocycles. The molecular formula is C25H27N3O4S. The van der Waals surface area contributed by atoms with E-state index in [1.165, 1.54) is 10.4 Å². The summed E-state index contributed by atoms with van der Waals surface area (Å²) in [5.74, 6) is -0.628. The molecule has 1 aliphatic heterocycles. The van der Waals surface area contributed by atoms with E-state index in [9.17, 15) is 18.0 Å². The van der Waals surface area contributed by atoms with Crippen molar-refractivity contribution >= 4 is 38.3 Å². The van der Waals surface area contributed by atoms with Gasteiger partial charge in [0.25, 0.3) is 5.91 Å². The molecule has 3 aromatic carbocycles. The summed E-state index contributed by atoms with van der Waals surface area (Å²) in [5.41, 5.74) is 0.779. The number of hydrogen-bond acceptors (Lipinski definition) is 4. The highest BCUT2D eigenvalue weighted by molar-refractivity contribution is 7.89. The number of hydrogen-bond donors (Lipinski definition) is 2. The topological polar surface area (TPSA) is 95.6 Å². The monoisotopic (exact) mass is 465 g/mol. The van der Waals surface area contributed by atoms with Gasteiger partial charge in [-0.1, -0.05) is 48.9 Å². The fourth-order valence-corrected chi connectivity index (χ4v) is 5.64. The van der Waals surface area contributed by atoms with Gasteiger partial charge in [-0.25, -0.2) is 8.42 Å². The van der Waals surface area contributed by atoms with Crippen LogP contribution >= 0.6 is 0 Å². The van der Waals surface area contributed by atoms with Crippen molar-refractivity contribution in [2.45, 2.75) is 30.6 Å². The van der Waals surface area contributed by atoms with Crippen molar-refractivity contribution in [2.75, 3.05) is 25.0 Å². The lowest BCUT2D eigenvalue weighted by Crippen LogP contribution is -2.36. The lowest BCUT2D eigenvalue weighted by atomic mass is 10.1. The first-order valence-electron chi connectivity index (χ1n) is 11.1. The highest BCUT2D eigenvalue weighted by Gasteiger charge is 2.28. The number of amides is 2. The number of carbonyl (C=O) groups is 2. The molecule has 0 bridgehead atoms. The number of rotatable bonds is 7. The molecule has 0 radical (unpaired) electrons. The van der Waals surface area contributed by atoms with Crippen LogP contribution in [0.2, 0.25) is 0 Å². The average Bonchev–Trinajstić information content (AvgIpc) is 2.84. The molecule has 0 spiro atoms. The predicted molar refractivity (Wildman–Crippen MR) is 129 cm³/mol. The number of piperidine rings is 1.